The Morgan fingerprint density at radius 2 is 1.82 bits per heavy atom. The van der Waals surface area contributed by atoms with Gasteiger partial charge in [0.1, 0.15) is 17.5 Å². The van der Waals surface area contributed by atoms with Crippen LogP contribution in [0.4, 0.5) is 13.2 Å². The molecule has 0 radical (unpaired) electrons. The van der Waals surface area contributed by atoms with Gasteiger partial charge in [-0.3, -0.25) is 0 Å². The van der Waals surface area contributed by atoms with Crippen molar-refractivity contribution >= 4 is 5.97 Å². The number of aromatic carboxylic acids is 1. The molecule has 1 aromatic heterocycles. The zero-order chi connectivity index (χ0) is 12.6. The largest absolute Gasteiger partial charge is 0.476 e. The summed E-state index contributed by atoms with van der Waals surface area (Å²) in [5.74, 6) is -5.73. The number of carboxylic acid groups (broad SMARTS) is 1. The van der Waals surface area contributed by atoms with Crippen LogP contribution in [0, 0.1) is 17.5 Å². The lowest BCUT2D eigenvalue weighted by Crippen LogP contribution is -2.01. The van der Waals surface area contributed by atoms with Crippen LogP contribution in [0.5, 0.6) is 0 Å². The lowest BCUT2D eigenvalue weighted by atomic mass is 10.1. The maximum Gasteiger partial charge on any atom is 0.358 e. The van der Waals surface area contributed by atoms with Crippen LogP contribution < -0.4 is 0 Å². The molecule has 0 fully saturated rings. The number of carbonyl (C=O) groups is 1. The fourth-order valence-electron chi connectivity index (χ4n) is 1.33. The minimum Gasteiger partial charge on any atom is -0.476 e. The van der Waals surface area contributed by atoms with Crippen molar-refractivity contribution in [1.82, 2.24) is 4.98 Å². The van der Waals surface area contributed by atoms with Crippen molar-refractivity contribution in [2.24, 2.45) is 0 Å². The zero-order valence-electron chi connectivity index (χ0n) is 8.08. The van der Waals surface area contributed by atoms with Crippen LogP contribution in [0.3, 0.4) is 0 Å². The van der Waals surface area contributed by atoms with E-state index in [2.05, 4.69) is 9.40 Å². The molecule has 88 valence electrons. The van der Waals surface area contributed by atoms with Gasteiger partial charge in [-0.1, -0.05) is 0 Å². The van der Waals surface area contributed by atoms with Crippen molar-refractivity contribution in [3.05, 3.63) is 41.7 Å². The third-order valence-corrected chi connectivity index (χ3v) is 2.00. The number of rotatable bonds is 2. The van der Waals surface area contributed by atoms with Crippen LogP contribution in [0.15, 0.2) is 22.9 Å². The van der Waals surface area contributed by atoms with Gasteiger partial charge in [0.15, 0.2) is 17.8 Å². The predicted octanol–water partition coefficient (Wildman–Crippen LogP) is 2.46. The van der Waals surface area contributed by atoms with Gasteiger partial charge >= 0.3 is 5.97 Å². The Bertz CT molecular complexity index is 571. The van der Waals surface area contributed by atoms with Crippen LogP contribution in [0.25, 0.3) is 11.3 Å². The Kier molecular flexibility index (Phi) is 2.58. The molecule has 7 heteroatoms. The number of hydrogen-bond acceptors (Lipinski definition) is 3. The maximum atomic E-state index is 13.4. The van der Waals surface area contributed by atoms with E-state index in [0.29, 0.717) is 12.1 Å². The molecule has 1 heterocycles. The molecule has 0 amide bonds. The molecule has 17 heavy (non-hydrogen) atoms. The Hall–Kier alpha value is -2.31. The molecule has 0 aliphatic carbocycles. The van der Waals surface area contributed by atoms with Gasteiger partial charge in [-0.05, 0) is 0 Å². The molecule has 0 saturated heterocycles. The van der Waals surface area contributed by atoms with Crippen LogP contribution in [0.1, 0.15) is 10.5 Å². The van der Waals surface area contributed by atoms with E-state index in [4.69, 9.17) is 5.11 Å². The van der Waals surface area contributed by atoms with Gasteiger partial charge in [0, 0.05) is 12.1 Å². The third-order valence-electron chi connectivity index (χ3n) is 2.00. The minimum absolute atomic E-state index is 0.423. The van der Waals surface area contributed by atoms with Crippen LogP contribution in [0.2, 0.25) is 0 Å². The van der Waals surface area contributed by atoms with Crippen LogP contribution in [-0.2, 0) is 0 Å². The number of nitrogens with zero attached hydrogens (tertiary/aromatic N) is 1. The summed E-state index contributed by atoms with van der Waals surface area (Å²) in [6.07, 6.45) is 0.737. The second kappa shape index (κ2) is 3.93. The van der Waals surface area contributed by atoms with Gasteiger partial charge in [0.2, 0.25) is 0 Å². The first-order valence-corrected chi connectivity index (χ1v) is 4.32. The summed E-state index contributed by atoms with van der Waals surface area (Å²) in [7, 11) is 0. The molecule has 2 rings (SSSR count). The van der Waals surface area contributed by atoms with E-state index in [1.54, 1.807) is 0 Å². The summed E-state index contributed by atoms with van der Waals surface area (Å²) in [4.78, 5) is 14.0. The Morgan fingerprint density at radius 3 is 2.35 bits per heavy atom. The van der Waals surface area contributed by atoms with Gasteiger partial charge in [0.25, 0.3) is 0 Å². The standard InChI is InChI=1S/C10H4F3NO3/c11-4-1-5(12)7(6(13)2-4)9-8(10(15)16)14-3-17-9/h1-3H,(H,15,16). The normalized spacial score (nSPS) is 10.5. The Labute approximate surface area is 92.3 Å². The molecule has 0 bridgehead atoms. The molecule has 0 aliphatic rings. The topological polar surface area (TPSA) is 63.3 Å². The maximum absolute atomic E-state index is 13.4. The van der Waals surface area contributed by atoms with Gasteiger partial charge in [-0.25, -0.2) is 22.9 Å². The Morgan fingerprint density at radius 1 is 1.24 bits per heavy atom. The molecule has 2 aromatic rings. The number of oxazole rings is 1. The van der Waals surface area contributed by atoms with Crippen LogP contribution >= 0.6 is 0 Å². The molecule has 1 aromatic carbocycles. The molecule has 0 unspecified atom stereocenters. The summed E-state index contributed by atoms with van der Waals surface area (Å²) < 4.78 is 44.0. The second-order valence-corrected chi connectivity index (χ2v) is 3.08. The van der Waals surface area contributed by atoms with Crippen molar-refractivity contribution in [2.75, 3.05) is 0 Å². The molecular weight excluding hydrogens is 239 g/mol. The molecule has 0 aliphatic heterocycles. The van der Waals surface area contributed by atoms with Crippen LogP contribution in [-0.4, -0.2) is 16.1 Å². The minimum atomic E-state index is -1.50. The van der Waals surface area contributed by atoms with Gasteiger partial charge in [-0.2, -0.15) is 0 Å². The highest BCUT2D eigenvalue weighted by atomic mass is 19.1. The van der Waals surface area contributed by atoms with Gasteiger partial charge in [-0.15, -0.1) is 0 Å². The lowest BCUT2D eigenvalue weighted by molar-refractivity contribution is 0.0691. The summed E-state index contributed by atoms with van der Waals surface area (Å²) in [5.41, 5.74) is -1.41. The first-order valence-electron chi connectivity index (χ1n) is 4.32. The molecule has 0 spiro atoms. The highest BCUT2D eigenvalue weighted by Gasteiger charge is 2.24. The fourth-order valence-corrected chi connectivity index (χ4v) is 1.33. The highest BCUT2D eigenvalue weighted by Crippen LogP contribution is 2.29. The smallest absolute Gasteiger partial charge is 0.358 e. The van der Waals surface area contributed by atoms with Gasteiger partial charge < -0.3 is 9.52 Å². The predicted molar refractivity (Wildman–Crippen MR) is 48.8 cm³/mol. The van der Waals surface area contributed by atoms with Crippen molar-refractivity contribution in [1.29, 1.82) is 0 Å². The van der Waals surface area contributed by atoms with Crippen molar-refractivity contribution < 1.29 is 27.5 Å². The first-order chi connectivity index (χ1) is 8.00. The van der Waals surface area contributed by atoms with E-state index in [1.807, 2.05) is 0 Å². The van der Waals surface area contributed by atoms with E-state index >= 15 is 0 Å². The average Bonchev–Trinajstić information content (AvgIpc) is 2.64. The first kappa shape index (κ1) is 11.2. The van der Waals surface area contributed by atoms with Gasteiger partial charge in [0.05, 0.1) is 5.56 Å². The fraction of sp³-hybridized carbons (Fsp3) is 0. The summed E-state index contributed by atoms with van der Waals surface area (Å²) >= 11 is 0. The number of carboxylic acids is 1. The lowest BCUT2D eigenvalue weighted by Gasteiger charge is -2.02. The van der Waals surface area contributed by atoms with Crippen molar-refractivity contribution in [2.45, 2.75) is 0 Å². The molecule has 0 atom stereocenters. The summed E-state index contributed by atoms with van der Waals surface area (Å²) in [6.45, 7) is 0. The number of hydrogen-bond donors (Lipinski definition) is 1. The third kappa shape index (κ3) is 1.86. The SMILES string of the molecule is O=C(O)c1ncoc1-c1c(F)cc(F)cc1F. The molecule has 0 saturated carbocycles. The highest BCUT2D eigenvalue weighted by molar-refractivity contribution is 5.92. The molecule has 4 nitrogen and oxygen atoms in total. The molecular formula is C10H4F3NO3. The number of halogens is 3. The number of aromatic nitrogens is 1. The monoisotopic (exact) mass is 243 g/mol. The zero-order valence-corrected chi connectivity index (χ0v) is 8.08. The second-order valence-electron chi connectivity index (χ2n) is 3.08. The van der Waals surface area contributed by atoms with E-state index in [1.165, 1.54) is 0 Å². The Balaban J connectivity index is 2.69. The quantitative estimate of drug-likeness (QED) is 0.879. The van der Waals surface area contributed by atoms with Crippen molar-refractivity contribution in [3.63, 3.8) is 0 Å². The van der Waals surface area contributed by atoms with E-state index < -0.39 is 40.4 Å². The van der Waals surface area contributed by atoms with E-state index in [0.717, 1.165) is 6.39 Å². The van der Waals surface area contributed by atoms with Crippen molar-refractivity contribution in [3.8, 4) is 11.3 Å². The number of benzene rings is 1. The average molecular weight is 243 g/mol. The van der Waals surface area contributed by atoms with E-state index in [-0.39, 0.29) is 0 Å². The summed E-state index contributed by atoms with van der Waals surface area (Å²) in [5, 5.41) is 8.71. The van der Waals surface area contributed by atoms with E-state index in [9.17, 15) is 18.0 Å². The summed E-state index contributed by atoms with van der Waals surface area (Å²) in [6, 6.07) is 0.846. The molecule has 1 N–H and O–H groups in total.